The van der Waals surface area contributed by atoms with Gasteiger partial charge in [0.2, 0.25) is 5.91 Å². The molecule has 2 aromatic carbocycles. The maximum absolute atomic E-state index is 11.4. The molecule has 0 spiro atoms. The number of likely N-dealkylation sites (tertiary alicyclic amines) is 1. The predicted octanol–water partition coefficient (Wildman–Crippen LogP) is 4.87. The molecule has 1 aliphatic rings. The topological polar surface area (TPSA) is 29.5 Å². The first-order valence-electron chi connectivity index (χ1n) is 9.15. The molecule has 0 atom stereocenters. The minimum atomic E-state index is 0.159. The van der Waals surface area contributed by atoms with E-state index in [2.05, 4.69) is 62.4 Å². The molecule has 3 nitrogen and oxygen atoms in total. The van der Waals surface area contributed by atoms with Crippen molar-refractivity contribution in [3.8, 4) is 16.9 Å². The van der Waals surface area contributed by atoms with Crippen LogP contribution in [-0.4, -0.2) is 30.0 Å². The van der Waals surface area contributed by atoms with E-state index >= 15 is 0 Å². The van der Waals surface area contributed by atoms with Crippen LogP contribution in [0.5, 0.6) is 5.75 Å². The number of hydrogen-bond donors (Lipinski definition) is 0. The number of hydrogen-bond acceptors (Lipinski definition) is 2. The van der Waals surface area contributed by atoms with E-state index in [9.17, 15) is 4.79 Å². The minimum absolute atomic E-state index is 0.159. The van der Waals surface area contributed by atoms with Crippen LogP contribution in [-0.2, 0) is 4.79 Å². The minimum Gasteiger partial charge on any atom is -0.490 e. The van der Waals surface area contributed by atoms with Crippen molar-refractivity contribution in [2.45, 2.75) is 45.6 Å². The molecule has 0 N–H and O–H groups in total. The van der Waals surface area contributed by atoms with Gasteiger partial charge in [-0.25, -0.2) is 0 Å². The van der Waals surface area contributed by atoms with Crippen LogP contribution in [0.15, 0.2) is 48.5 Å². The van der Waals surface area contributed by atoms with Gasteiger partial charge in [-0.1, -0.05) is 50.2 Å². The van der Waals surface area contributed by atoms with E-state index in [-0.39, 0.29) is 12.0 Å². The van der Waals surface area contributed by atoms with Crippen LogP contribution < -0.4 is 4.74 Å². The average molecular weight is 337 g/mol. The third kappa shape index (κ3) is 4.41. The Morgan fingerprint density at radius 3 is 2.32 bits per heavy atom. The van der Waals surface area contributed by atoms with Crippen molar-refractivity contribution in [3.63, 3.8) is 0 Å². The molecular formula is C22H27NO2. The van der Waals surface area contributed by atoms with E-state index in [1.165, 1.54) is 16.7 Å². The average Bonchev–Trinajstić information content (AvgIpc) is 2.63. The number of carbonyl (C=O) groups excluding carboxylic acids is 1. The fourth-order valence-electron chi connectivity index (χ4n) is 3.28. The maximum Gasteiger partial charge on any atom is 0.219 e. The molecule has 0 saturated carbocycles. The van der Waals surface area contributed by atoms with Gasteiger partial charge in [-0.05, 0) is 34.7 Å². The zero-order valence-electron chi connectivity index (χ0n) is 15.4. The normalized spacial score (nSPS) is 15.4. The number of benzene rings is 2. The summed E-state index contributed by atoms with van der Waals surface area (Å²) in [5.74, 6) is 1.60. The molecule has 0 unspecified atom stereocenters. The third-order valence-corrected chi connectivity index (χ3v) is 4.93. The van der Waals surface area contributed by atoms with Gasteiger partial charge in [0.15, 0.2) is 0 Å². The monoisotopic (exact) mass is 337 g/mol. The molecule has 0 bridgehead atoms. The zero-order valence-corrected chi connectivity index (χ0v) is 15.4. The highest BCUT2D eigenvalue weighted by molar-refractivity contribution is 5.73. The quantitative estimate of drug-likeness (QED) is 0.797. The standard InChI is InChI=1S/C22H27NO2/c1-16(2)19-5-4-6-20(15-19)18-7-9-21(10-8-18)25-22-11-13-23(14-12-22)17(3)24/h4-10,15-16,22H,11-14H2,1-3H3. The van der Waals surface area contributed by atoms with Gasteiger partial charge in [-0.15, -0.1) is 0 Å². The van der Waals surface area contributed by atoms with Crippen molar-refractivity contribution < 1.29 is 9.53 Å². The number of rotatable bonds is 4. The Balaban J connectivity index is 1.63. The summed E-state index contributed by atoms with van der Waals surface area (Å²) in [7, 11) is 0. The lowest BCUT2D eigenvalue weighted by Crippen LogP contribution is -2.40. The number of amides is 1. The van der Waals surface area contributed by atoms with E-state index in [0.717, 1.165) is 31.7 Å². The van der Waals surface area contributed by atoms with Gasteiger partial charge in [-0.3, -0.25) is 4.79 Å². The second kappa shape index (κ2) is 7.73. The molecule has 1 aliphatic heterocycles. The first kappa shape index (κ1) is 17.5. The second-order valence-electron chi connectivity index (χ2n) is 7.13. The summed E-state index contributed by atoms with van der Waals surface area (Å²) >= 11 is 0. The van der Waals surface area contributed by atoms with E-state index in [0.29, 0.717) is 5.92 Å². The molecule has 1 saturated heterocycles. The summed E-state index contributed by atoms with van der Waals surface area (Å²) < 4.78 is 6.10. The SMILES string of the molecule is CC(=O)N1CCC(Oc2ccc(-c3cccc(C(C)C)c3)cc2)CC1. The van der Waals surface area contributed by atoms with E-state index in [1.54, 1.807) is 6.92 Å². The van der Waals surface area contributed by atoms with Gasteiger partial charge < -0.3 is 9.64 Å². The molecule has 1 heterocycles. The Kier molecular flexibility index (Phi) is 5.42. The molecule has 25 heavy (non-hydrogen) atoms. The number of ether oxygens (including phenoxy) is 1. The number of nitrogens with zero attached hydrogens (tertiary/aromatic N) is 1. The van der Waals surface area contributed by atoms with Crippen LogP contribution in [0.3, 0.4) is 0 Å². The predicted molar refractivity (Wildman–Crippen MR) is 102 cm³/mol. The van der Waals surface area contributed by atoms with Crippen LogP contribution in [0.25, 0.3) is 11.1 Å². The first-order valence-corrected chi connectivity index (χ1v) is 9.15. The van der Waals surface area contributed by atoms with Crippen molar-refractivity contribution in [1.29, 1.82) is 0 Å². The highest BCUT2D eigenvalue weighted by Gasteiger charge is 2.21. The molecule has 0 aliphatic carbocycles. The zero-order chi connectivity index (χ0) is 17.8. The van der Waals surface area contributed by atoms with Crippen LogP contribution in [0.1, 0.15) is 45.1 Å². The smallest absolute Gasteiger partial charge is 0.219 e. The summed E-state index contributed by atoms with van der Waals surface area (Å²) in [6.07, 6.45) is 2.00. The van der Waals surface area contributed by atoms with Gasteiger partial charge in [0.25, 0.3) is 0 Å². The van der Waals surface area contributed by atoms with Gasteiger partial charge in [-0.2, -0.15) is 0 Å². The van der Waals surface area contributed by atoms with Gasteiger partial charge in [0.05, 0.1) is 0 Å². The summed E-state index contributed by atoms with van der Waals surface area (Å²) in [5.41, 5.74) is 3.81. The molecule has 3 rings (SSSR count). The molecule has 2 aromatic rings. The van der Waals surface area contributed by atoms with Gasteiger partial charge in [0.1, 0.15) is 11.9 Å². The van der Waals surface area contributed by atoms with Crippen LogP contribution >= 0.6 is 0 Å². The molecule has 1 amide bonds. The lowest BCUT2D eigenvalue weighted by atomic mass is 9.97. The third-order valence-electron chi connectivity index (χ3n) is 4.93. The van der Waals surface area contributed by atoms with Gasteiger partial charge in [0, 0.05) is 32.9 Å². The Labute approximate surface area is 150 Å². The Morgan fingerprint density at radius 1 is 1.04 bits per heavy atom. The highest BCUT2D eigenvalue weighted by atomic mass is 16.5. The number of piperidine rings is 1. The molecule has 132 valence electrons. The molecule has 0 aromatic heterocycles. The largest absolute Gasteiger partial charge is 0.490 e. The fourth-order valence-corrected chi connectivity index (χ4v) is 3.28. The summed E-state index contributed by atoms with van der Waals surface area (Å²) in [4.78, 5) is 13.3. The first-order chi connectivity index (χ1) is 12.0. The molecule has 3 heteroatoms. The number of carbonyl (C=O) groups is 1. The Bertz CT molecular complexity index is 713. The molecule has 1 fully saturated rings. The lowest BCUT2D eigenvalue weighted by Gasteiger charge is -2.31. The van der Waals surface area contributed by atoms with Crippen LogP contribution in [0.4, 0.5) is 0 Å². The Morgan fingerprint density at radius 2 is 1.72 bits per heavy atom. The molecular weight excluding hydrogens is 310 g/mol. The van der Waals surface area contributed by atoms with E-state index < -0.39 is 0 Å². The van der Waals surface area contributed by atoms with Crippen molar-refractivity contribution in [2.24, 2.45) is 0 Å². The van der Waals surface area contributed by atoms with E-state index in [1.807, 2.05) is 4.90 Å². The van der Waals surface area contributed by atoms with Crippen molar-refractivity contribution in [2.75, 3.05) is 13.1 Å². The fraction of sp³-hybridized carbons (Fsp3) is 0.409. The highest BCUT2D eigenvalue weighted by Crippen LogP contribution is 2.27. The maximum atomic E-state index is 11.4. The molecule has 0 radical (unpaired) electrons. The van der Waals surface area contributed by atoms with Crippen molar-refractivity contribution in [3.05, 3.63) is 54.1 Å². The van der Waals surface area contributed by atoms with E-state index in [4.69, 9.17) is 4.74 Å². The van der Waals surface area contributed by atoms with Crippen LogP contribution in [0.2, 0.25) is 0 Å². The summed E-state index contributed by atoms with van der Waals surface area (Å²) in [6, 6.07) is 17.1. The lowest BCUT2D eigenvalue weighted by molar-refractivity contribution is -0.130. The summed E-state index contributed by atoms with van der Waals surface area (Å²) in [6.45, 7) is 7.65. The van der Waals surface area contributed by atoms with Crippen molar-refractivity contribution >= 4 is 5.91 Å². The van der Waals surface area contributed by atoms with Gasteiger partial charge >= 0.3 is 0 Å². The Hall–Kier alpha value is -2.29. The summed E-state index contributed by atoms with van der Waals surface area (Å²) in [5, 5.41) is 0. The van der Waals surface area contributed by atoms with Crippen LogP contribution in [0, 0.1) is 0 Å². The second-order valence-corrected chi connectivity index (χ2v) is 7.13. The van der Waals surface area contributed by atoms with Crippen molar-refractivity contribution in [1.82, 2.24) is 4.90 Å².